The average Bonchev–Trinajstić information content (AvgIpc) is 2.10. The van der Waals surface area contributed by atoms with Crippen LogP contribution in [0.2, 0.25) is 0 Å². The van der Waals surface area contributed by atoms with Gasteiger partial charge in [-0.3, -0.25) is 4.57 Å². The molecular formula is C9H10N2O3. The lowest BCUT2D eigenvalue weighted by molar-refractivity contribution is -0.131. The van der Waals surface area contributed by atoms with E-state index in [9.17, 15) is 9.59 Å². The fourth-order valence-electron chi connectivity index (χ4n) is 0.963. The average molecular weight is 194 g/mol. The van der Waals surface area contributed by atoms with Gasteiger partial charge in [0.05, 0.1) is 0 Å². The van der Waals surface area contributed by atoms with E-state index >= 15 is 0 Å². The van der Waals surface area contributed by atoms with Gasteiger partial charge in [-0.1, -0.05) is 6.08 Å². The van der Waals surface area contributed by atoms with Gasteiger partial charge in [0, 0.05) is 25.0 Å². The van der Waals surface area contributed by atoms with Crippen molar-refractivity contribution in [3.05, 3.63) is 40.6 Å². The van der Waals surface area contributed by atoms with Gasteiger partial charge in [-0.25, -0.2) is 14.6 Å². The third kappa shape index (κ3) is 2.85. The molecule has 1 aromatic rings. The Morgan fingerprint density at radius 1 is 1.71 bits per heavy atom. The van der Waals surface area contributed by atoms with Gasteiger partial charge in [0.15, 0.2) is 0 Å². The highest BCUT2D eigenvalue weighted by Gasteiger charge is 1.94. The van der Waals surface area contributed by atoms with Crippen molar-refractivity contribution in [2.75, 3.05) is 0 Å². The first-order valence-corrected chi connectivity index (χ1v) is 4.02. The van der Waals surface area contributed by atoms with Crippen LogP contribution in [-0.2, 0) is 11.3 Å². The summed E-state index contributed by atoms with van der Waals surface area (Å²) in [5.41, 5.74) is 0.471. The first kappa shape index (κ1) is 10.2. The van der Waals surface area contributed by atoms with Gasteiger partial charge in [0.1, 0.15) is 0 Å². The fourth-order valence-corrected chi connectivity index (χ4v) is 0.963. The van der Waals surface area contributed by atoms with Crippen molar-refractivity contribution >= 4 is 5.97 Å². The lowest BCUT2D eigenvalue weighted by Gasteiger charge is -2.00. The maximum atomic E-state index is 11.1. The van der Waals surface area contributed by atoms with Crippen LogP contribution in [0.5, 0.6) is 0 Å². The molecule has 5 nitrogen and oxygen atoms in total. The Morgan fingerprint density at radius 3 is 3.07 bits per heavy atom. The molecule has 0 saturated carbocycles. The van der Waals surface area contributed by atoms with Gasteiger partial charge < -0.3 is 5.11 Å². The van der Waals surface area contributed by atoms with Gasteiger partial charge in [0.25, 0.3) is 0 Å². The number of nitrogens with zero attached hydrogens (tertiary/aromatic N) is 2. The Hall–Kier alpha value is -1.91. The van der Waals surface area contributed by atoms with Crippen LogP contribution in [0.4, 0.5) is 0 Å². The topological polar surface area (TPSA) is 72.2 Å². The van der Waals surface area contributed by atoms with Crippen molar-refractivity contribution in [1.29, 1.82) is 0 Å². The third-order valence-electron chi connectivity index (χ3n) is 1.55. The molecule has 0 bridgehead atoms. The molecule has 0 atom stereocenters. The number of aryl methyl sites for hydroxylation is 1. The molecule has 1 rings (SSSR count). The largest absolute Gasteiger partial charge is 0.478 e. The van der Waals surface area contributed by atoms with Crippen molar-refractivity contribution in [2.45, 2.75) is 13.5 Å². The van der Waals surface area contributed by atoms with E-state index in [0.29, 0.717) is 0 Å². The van der Waals surface area contributed by atoms with Gasteiger partial charge >= 0.3 is 11.7 Å². The van der Waals surface area contributed by atoms with E-state index in [1.54, 1.807) is 6.20 Å². The molecule has 0 amide bonds. The van der Waals surface area contributed by atoms with Crippen LogP contribution in [0.15, 0.2) is 29.3 Å². The number of hydrogen-bond acceptors (Lipinski definition) is 3. The van der Waals surface area contributed by atoms with Crippen molar-refractivity contribution in [3.8, 4) is 0 Å². The first-order chi connectivity index (χ1) is 6.59. The van der Waals surface area contributed by atoms with Crippen LogP contribution < -0.4 is 5.69 Å². The second-order valence-corrected chi connectivity index (χ2v) is 2.81. The van der Waals surface area contributed by atoms with Gasteiger partial charge in [0.2, 0.25) is 0 Å². The van der Waals surface area contributed by atoms with E-state index in [2.05, 4.69) is 4.98 Å². The first-order valence-electron chi connectivity index (χ1n) is 4.02. The number of aliphatic carboxylic acids is 1. The molecule has 0 aliphatic heterocycles. The fraction of sp³-hybridized carbons (Fsp3) is 0.222. The Balaban J connectivity index is 2.81. The molecule has 1 aromatic heterocycles. The molecule has 0 aliphatic carbocycles. The molecular weight excluding hydrogens is 184 g/mol. The van der Waals surface area contributed by atoms with E-state index < -0.39 is 5.97 Å². The SMILES string of the molecule is Cc1cnc(=O)n(CC=CC(=O)O)c1. The minimum Gasteiger partial charge on any atom is -0.478 e. The van der Waals surface area contributed by atoms with Crippen LogP contribution >= 0.6 is 0 Å². The Morgan fingerprint density at radius 2 is 2.43 bits per heavy atom. The molecule has 0 radical (unpaired) electrons. The van der Waals surface area contributed by atoms with E-state index in [1.807, 2.05) is 6.92 Å². The predicted octanol–water partition coefficient (Wildman–Crippen LogP) is 0.193. The lowest BCUT2D eigenvalue weighted by atomic mass is 10.4. The third-order valence-corrected chi connectivity index (χ3v) is 1.55. The van der Waals surface area contributed by atoms with E-state index in [0.717, 1.165) is 11.6 Å². The maximum Gasteiger partial charge on any atom is 0.347 e. The van der Waals surface area contributed by atoms with Gasteiger partial charge in [-0.05, 0) is 12.5 Å². The minimum absolute atomic E-state index is 0.222. The summed E-state index contributed by atoms with van der Waals surface area (Å²) in [5, 5.41) is 8.33. The number of carbonyl (C=O) groups is 1. The van der Waals surface area contributed by atoms with Crippen molar-refractivity contribution in [3.63, 3.8) is 0 Å². The monoisotopic (exact) mass is 194 g/mol. The highest BCUT2D eigenvalue weighted by Crippen LogP contribution is 1.89. The van der Waals surface area contributed by atoms with Gasteiger partial charge in [-0.2, -0.15) is 0 Å². The lowest BCUT2D eigenvalue weighted by Crippen LogP contribution is -2.21. The van der Waals surface area contributed by atoms with Crippen molar-refractivity contribution < 1.29 is 9.90 Å². The summed E-state index contributed by atoms with van der Waals surface area (Å²) in [6.07, 6.45) is 5.49. The van der Waals surface area contributed by atoms with Crippen LogP contribution in [0.25, 0.3) is 0 Å². The number of aromatic nitrogens is 2. The van der Waals surface area contributed by atoms with Gasteiger partial charge in [-0.15, -0.1) is 0 Å². The summed E-state index contributed by atoms with van der Waals surface area (Å²) in [4.78, 5) is 24.9. The Bertz CT molecular complexity index is 420. The summed E-state index contributed by atoms with van der Waals surface area (Å²) >= 11 is 0. The number of hydrogen-bond donors (Lipinski definition) is 1. The zero-order valence-electron chi connectivity index (χ0n) is 7.67. The highest BCUT2D eigenvalue weighted by atomic mass is 16.4. The molecule has 0 aromatic carbocycles. The van der Waals surface area contributed by atoms with E-state index in [-0.39, 0.29) is 12.2 Å². The minimum atomic E-state index is -1.03. The molecule has 1 heterocycles. The molecule has 5 heteroatoms. The molecule has 0 spiro atoms. The molecule has 0 saturated heterocycles. The summed E-state index contributed by atoms with van der Waals surface area (Å²) in [7, 11) is 0. The standard InChI is InChI=1S/C9H10N2O3/c1-7-5-10-9(14)11(6-7)4-2-3-8(12)13/h2-3,5-6H,4H2,1H3,(H,12,13). The predicted molar refractivity (Wildman–Crippen MR) is 50.0 cm³/mol. The molecule has 14 heavy (non-hydrogen) atoms. The molecule has 0 aliphatic rings. The molecule has 0 unspecified atom stereocenters. The zero-order valence-corrected chi connectivity index (χ0v) is 7.67. The highest BCUT2D eigenvalue weighted by molar-refractivity contribution is 5.79. The molecule has 1 N–H and O–H groups in total. The van der Waals surface area contributed by atoms with E-state index in [1.165, 1.54) is 16.8 Å². The number of carboxylic acid groups (broad SMARTS) is 1. The van der Waals surface area contributed by atoms with Crippen LogP contribution in [0.1, 0.15) is 5.56 Å². The summed E-state index contributed by atoms with van der Waals surface area (Å²) in [5.74, 6) is -1.03. The van der Waals surface area contributed by atoms with Crippen LogP contribution in [0, 0.1) is 6.92 Å². The van der Waals surface area contributed by atoms with Crippen molar-refractivity contribution in [1.82, 2.24) is 9.55 Å². The Kier molecular flexibility index (Phi) is 3.17. The number of allylic oxidation sites excluding steroid dienone is 1. The van der Waals surface area contributed by atoms with Crippen molar-refractivity contribution in [2.24, 2.45) is 0 Å². The normalized spacial score (nSPS) is 10.6. The second kappa shape index (κ2) is 4.36. The summed E-state index contributed by atoms with van der Waals surface area (Å²) < 4.78 is 1.34. The van der Waals surface area contributed by atoms with Crippen LogP contribution in [-0.4, -0.2) is 20.6 Å². The summed E-state index contributed by atoms with van der Waals surface area (Å²) in [6.45, 7) is 2.03. The second-order valence-electron chi connectivity index (χ2n) is 2.81. The zero-order chi connectivity index (χ0) is 10.6. The number of carboxylic acids is 1. The molecule has 74 valence electrons. The number of rotatable bonds is 3. The molecule has 0 fully saturated rings. The Labute approximate surface area is 80.3 Å². The van der Waals surface area contributed by atoms with Crippen LogP contribution in [0.3, 0.4) is 0 Å². The quantitative estimate of drug-likeness (QED) is 0.697. The maximum absolute atomic E-state index is 11.1. The summed E-state index contributed by atoms with van der Waals surface area (Å²) in [6, 6.07) is 0. The smallest absolute Gasteiger partial charge is 0.347 e. The van der Waals surface area contributed by atoms with E-state index in [4.69, 9.17) is 5.11 Å².